The monoisotopic (exact) mass is 319 g/mol. The van der Waals surface area contributed by atoms with Crippen LogP contribution >= 0.6 is 0 Å². The summed E-state index contributed by atoms with van der Waals surface area (Å²) in [6, 6.07) is 17.9. The number of amides is 1. The van der Waals surface area contributed by atoms with E-state index in [1.807, 2.05) is 60.7 Å². The van der Waals surface area contributed by atoms with E-state index in [-0.39, 0.29) is 17.6 Å². The van der Waals surface area contributed by atoms with Crippen molar-refractivity contribution < 1.29 is 9.53 Å². The average Bonchev–Trinajstić information content (AvgIpc) is 2.59. The van der Waals surface area contributed by atoms with Crippen molar-refractivity contribution in [2.45, 2.75) is 37.3 Å². The minimum Gasteiger partial charge on any atom is -0.487 e. The van der Waals surface area contributed by atoms with E-state index >= 15 is 0 Å². The van der Waals surface area contributed by atoms with Crippen LogP contribution in [-0.4, -0.2) is 11.5 Å². The van der Waals surface area contributed by atoms with Gasteiger partial charge in [-0.15, -0.1) is 0 Å². The molecule has 24 heavy (non-hydrogen) atoms. The highest BCUT2D eigenvalue weighted by atomic mass is 16.5. The Morgan fingerprint density at radius 2 is 1.83 bits per heavy atom. The van der Waals surface area contributed by atoms with Gasteiger partial charge >= 0.3 is 0 Å². The molecule has 2 aromatic carbocycles. The number of carbonyl (C=O) groups is 1. The maximum atomic E-state index is 12.4. The number of benzene rings is 2. The first-order chi connectivity index (χ1) is 11.7. The van der Waals surface area contributed by atoms with E-state index in [2.05, 4.69) is 5.32 Å². The Kier molecular flexibility index (Phi) is 3.85. The molecule has 0 saturated heterocycles. The van der Waals surface area contributed by atoms with Gasteiger partial charge in [-0.1, -0.05) is 48.5 Å². The standard InChI is InChI=1S/C21H21NO2/c23-20(12-11-16-7-2-1-3-8-16)22-18-15-21(13-6-14-21)24-19-10-5-4-9-17(18)19/h1-5,7-12,18H,6,13-15H2,(H,22,23). The summed E-state index contributed by atoms with van der Waals surface area (Å²) < 4.78 is 6.23. The second kappa shape index (κ2) is 6.16. The maximum Gasteiger partial charge on any atom is 0.244 e. The quantitative estimate of drug-likeness (QED) is 0.858. The van der Waals surface area contributed by atoms with Crippen LogP contribution in [0.25, 0.3) is 6.08 Å². The Hall–Kier alpha value is -2.55. The Labute approximate surface area is 142 Å². The van der Waals surface area contributed by atoms with Gasteiger partial charge in [0.15, 0.2) is 0 Å². The summed E-state index contributed by atoms with van der Waals surface area (Å²) in [5.41, 5.74) is 2.03. The van der Waals surface area contributed by atoms with Gasteiger partial charge in [-0.25, -0.2) is 0 Å². The van der Waals surface area contributed by atoms with Crippen molar-refractivity contribution in [2.24, 2.45) is 0 Å². The van der Waals surface area contributed by atoms with Gasteiger partial charge in [0.1, 0.15) is 11.4 Å². The van der Waals surface area contributed by atoms with Gasteiger partial charge in [-0.2, -0.15) is 0 Å². The minimum atomic E-state index is -0.0740. The van der Waals surface area contributed by atoms with E-state index < -0.39 is 0 Å². The Bertz CT molecular complexity index is 762. The molecule has 1 aliphatic heterocycles. The number of rotatable bonds is 3. The molecule has 1 saturated carbocycles. The van der Waals surface area contributed by atoms with E-state index in [4.69, 9.17) is 4.74 Å². The van der Waals surface area contributed by atoms with E-state index in [1.54, 1.807) is 6.08 Å². The first-order valence-electron chi connectivity index (χ1n) is 8.56. The van der Waals surface area contributed by atoms with Crippen LogP contribution < -0.4 is 10.1 Å². The van der Waals surface area contributed by atoms with Crippen molar-refractivity contribution in [1.82, 2.24) is 5.32 Å². The number of ether oxygens (including phenoxy) is 1. The Morgan fingerprint density at radius 3 is 2.58 bits per heavy atom. The Balaban J connectivity index is 1.51. The van der Waals surface area contributed by atoms with Crippen LogP contribution in [-0.2, 0) is 4.79 Å². The SMILES string of the molecule is O=C(C=Cc1ccccc1)NC1CC2(CCC2)Oc2ccccc21. The first kappa shape index (κ1) is 15.0. The molecule has 0 radical (unpaired) electrons. The summed E-state index contributed by atoms with van der Waals surface area (Å²) in [4.78, 5) is 12.4. The lowest BCUT2D eigenvalue weighted by Crippen LogP contribution is -2.49. The highest BCUT2D eigenvalue weighted by Gasteiger charge is 2.45. The van der Waals surface area contributed by atoms with Crippen LogP contribution in [0.5, 0.6) is 5.75 Å². The van der Waals surface area contributed by atoms with Crippen molar-refractivity contribution in [3.8, 4) is 5.75 Å². The third-order valence-corrected chi connectivity index (χ3v) is 5.01. The van der Waals surface area contributed by atoms with Crippen molar-refractivity contribution in [1.29, 1.82) is 0 Å². The topological polar surface area (TPSA) is 38.3 Å². The van der Waals surface area contributed by atoms with Gasteiger partial charge in [0, 0.05) is 18.1 Å². The zero-order chi connectivity index (χ0) is 16.4. The van der Waals surface area contributed by atoms with Crippen molar-refractivity contribution in [3.05, 3.63) is 71.8 Å². The van der Waals surface area contributed by atoms with Crippen LogP contribution in [0.2, 0.25) is 0 Å². The highest BCUT2D eigenvalue weighted by Crippen LogP contribution is 2.48. The van der Waals surface area contributed by atoms with Crippen molar-refractivity contribution >= 4 is 12.0 Å². The predicted molar refractivity (Wildman–Crippen MR) is 94.6 cm³/mol. The summed E-state index contributed by atoms with van der Waals surface area (Å²) >= 11 is 0. The van der Waals surface area contributed by atoms with Gasteiger partial charge in [0.2, 0.25) is 5.91 Å². The second-order valence-electron chi connectivity index (χ2n) is 6.69. The van der Waals surface area contributed by atoms with Crippen LogP contribution in [0.15, 0.2) is 60.7 Å². The predicted octanol–water partition coefficient (Wildman–Crippen LogP) is 4.26. The van der Waals surface area contributed by atoms with Crippen LogP contribution in [0.4, 0.5) is 0 Å². The van der Waals surface area contributed by atoms with E-state index in [0.29, 0.717) is 0 Å². The first-order valence-corrected chi connectivity index (χ1v) is 8.56. The summed E-state index contributed by atoms with van der Waals surface area (Å²) in [5, 5.41) is 3.16. The smallest absolute Gasteiger partial charge is 0.244 e. The zero-order valence-electron chi connectivity index (χ0n) is 13.6. The molecule has 3 heteroatoms. The molecule has 2 aromatic rings. The number of fused-ring (bicyclic) bond motifs is 1. The van der Waals surface area contributed by atoms with Crippen molar-refractivity contribution in [3.63, 3.8) is 0 Å². The molecule has 1 aliphatic carbocycles. The summed E-state index contributed by atoms with van der Waals surface area (Å²) in [6.07, 6.45) is 7.67. The minimum absolute atomic E-state index is 0.0168. The second-order valence-corrected chi connectivity index (χ2v) is 6.69. The number of hydrogen-bond acceptors (Lipinski definition) is 2. The third kappa shape index (κ3) is 2.94. The molecule has 1 unspecified atom stereocenters. The van der Waals surface area contributed by atoms with Gasteiger partial charge in [-0.05, 0) is 37.0 Å². The van der Waals surface area contributed by atoms with E-state index in [1.165, 1.54) is 6.42 Å². The van der Waals surface area contributed by atoms with E-state index in [9.17, 15) is 4.79 Å². The molecule has 1 heterocycles. The molecular formula is C21H21NO2. The lowest BCUT2D eigenvalue weighted by molar-refractivity contribution is -0.118. The lowest BCUT2D eigenvalue weighted by Gasteiger charge is -2.47. The fourth-order valence-corrected chi connectivity index (χ4v) is 3.58. The Morgan fingerprint density at radius 1 is 1.08 bits per heavy atom. The van der Waals surface area contributed by atoms with Gasteiger partial charge in [0.05, 0.1) is 6.04 Å². The number of carbonyl (C=O) groups excluding carboxylic acids is 1. The van der Waals surface area contributed by atoms with Gasteiger partial charge in [0.25, 0.3) is 0 Å². The summed E-state index contributed by atoms with van der Waals surface area (Å²) in [5.74, 6) is 0.857. The fourth-order valence-electron chi connectivity index (χ4n) is 3.58. The molecule has 2 aliphatic rings. The molecule has 0 bridgehead atoms. The molecule has 3 nitrogen and oxygen atoms in total. The molecular weight excluding hydrogens is 298 g/mol. The summed E-state index contributed by atoms with van der Waals surface area (Å²) in [6.45, 7) is 0. The number of nitrogens with one attached hydrogen (secondary N) is 1. The van der Waals surface area contributed by atoms with Crippen LogP contribution in [0.1, 0.15) is 42.9 Å². The lowest BCUT2D eigenvalue weighted by atomic mass is 9.73. The van der Waals surface area contributed by atoms with Crippen LogP contribution in [0.3, 0.4) is 0 Å². The van der Waals surface area contributed by atoms with Crippen molar-refractivity contribution in [2.75, 3.05) is 0 Å². The molecule has 1 amide bonds. The third-order valence-electron chi connectivity index (χ3n) is 5.01. The molecule has 0 aromatic heterocycles. The maximum absolute atomic E-state index is 12.4. The molecule has 4 rings (SSSR count). The normalized spacial score (nSPS) is 20.9. The van der Waals surface area contributed by atoms with E-state index in [0.717, 1.165) is 36.1 Å². The molecule has 122 valence electrons. The average molecular weight is 319 g/mol. The van der Waals surface area contributed by atoms with Crippen LogP contribution in [0, 0.1) is 0 Å². The largest absolute Gasteiger partial charge is 0.487 e. The van der Waals surface area contributed by atoms with Gasteiger partial charge in [-0.3, -0.25) is 4.79 Å². The number of hydrogen-bond donors (Lipinski definition) is 1. The molecule has 1 fully saturated rings. The summed E-state index contributed by atoms with van der Waals surface area (Å²) in [7, 11) is 0. The fraction of sp³-hybridized carbons (Fsp3) is 0.286. The highest BCUT2D eigenvalue weighted by molar-refractivity contribution is 5.92. The molecule has 1 N–H and O–H groups in total. The zero-order valence-corrected chi connectivity index (χ0v) is 13.6. The molecule has 1 spiro atoms. The molecule has 1 atom stereocenters. The van der Waals surface area contributed by atoms with Gasteiger partial charge < -0.3 is 10.1 Å². The number of para-hydroxylation sites is 1.